The van der Waals surface area contributed by atoms with E-state index in [1.165, 1.54) is 19.3 Å². The van der Waals surface area contributed by atoms with E-state index in [-0.39, 0.29) is 17.6 Å². The quantitative estimate of drug-likeness (QED) is 0.669. The first-order valence-corrected chi connectivity index (χ1v) is 12.5. The molecule has 2 heterocycles. The number of benzene rings is 1. The monoisotopic (exact) mass is 454 g/mol. The van der Waals surface area contributed by atoms with Gasteiger partial charge >= 0.3 is 6.03 Å². The van der Waals surface area contributed by atoms with Crippen LogP contribution in [0.3, 0.4) is 0 Å². The molecule has 2 aliphatic rings. The average molecular weight is 455 g/mol. The first-order valence-electron chi connectivity index (χ1n) is 12.5. The molecular weight excluding hydrogens is 416 g/mol. The van der Waals surface area contributed by atoms with Crippen LogP contribution in [0.25, 0.3) is 10.9 Å². The van der Waals surface area contributed by atoms with Crippen molar-refractivity contribution in [2.24, 2.45) is 0 Å². The van der Waals surface area contributed by atoms with Crippen LogP contribution in [0.4, 0.5) is 4.79 Å². The predicted molar refractivity (Wildman–Crippen MR) is 132 cm³/mol. The molecule has 0 bridgehead atoms. The number of H-pyrrole nitrogens is 1. The Morgan fingerprint density at radius 1 is 1.15 bits per heavy atom. The summed E-state index contributed by atoms with van der Waals surface area (Å²) in [4.78, 5) is 33.5. The van der Waals surface area contributed by atoms with Gasteiger partial charge in [-0.15, -0.1) is 0 Å². The molecule has 2 aromatic rings. The van der Waals surface area contributed by atoms with Crippen LogP contribution in [0.1, 0.15) is 55.2 Å². The first-order chi connectivity index (χ1) is 16.0. The van der Waals surface area contributed by atoms with E-state index in [1.807, 2.05) is 24.0 Å². The van der Waals surface area contributed by atoms with E-state index in [0.29, 0.717) is 18.7 Å². The summed E-state index contributed by atoms with van der Waals surface area (Å²) in [6.07, 6.45) is 6.56. The summed E-state index contributed by atoms with van der Waals surface area (Å²) >= 11 is 0. The molecule has 1 aliphatic heterocycles. The summed E-state index contributed by atoms with van der Waals surface area (Å²) in [6, 6.07) is 6.27. The summed E-state index contributed by atoms with van der Waals surface area (Å²) < 4.78 is 5.44. The number of nitrogens with zero attached hydrogens (tertiary/aromatic N) is 2. The normalized spacial score (nSPS) is 17.9. The second-order valence-corrected chi connectivity index (χ2v) is 9.63. The van der Waals surface area contributed by atoms with Gasteiger partial charge in [0.05, 0.1) is 25.3 Å². The van der Waals surface area contributed by atoms with Crippen molar-refractivity contribution in [3.05, 3.63) is 45.2 Å². The van der Waals surface area contributed by atoms with Gasteiger partial charge in [0.15, 0.2) is 0 Å². The number of carbonyl (C=O) groups excluding carboxylic acids is 1. The number of aryl methyl sites for hydroxylation is 2. The lowest BCUT2D eigenvalue weighted by molar-refractivity contribution is 0.0364. The zero-order chi connectivity index (χ0) is 23.2. The van der Waals surface area contributed by atoms with Gasteiger partial charge in [0.2, 0.25) is 0 Å². The van der Waals surface area contributed by atoms with E-state index in [4.69, 9.17) is 4.74 Å². The third kappa shape index (κ3) is 6.15. The van der Waals surface area contributed by atoms with Crippen LogP contribution in [0, 0.1) is 13.8 Å². The van der Waals surface area contributed by atoms with E-state index in [9.17, 15) is 9.59 Å². The smallest absolute Gasteiger partial charge is 0.317 e. The first kappa shape index (κ1) is 23.8. The van der Waals surface area contributed by atoms with Gasteiger partial charge in [-0.3, -0.25) is 9.69 Å². The second kappa shape index (κ2) is 11.2. The van der Waals surface area contributed by atoms with Crippen molar-refractivity contribution in [2.45, 2.75) is 65.0 Å². The fourth-order valence-electron chi connectivity index (χ4n) is 5.02. The number of ether oxygens (including phenoxy) is 1. The molecule has 2 amide bonds. The number of nitrogens with one attached hydrogen (secondary N) is 2. The number of urea groups is 1. The third-order valence-corrected chi connectivity index (χ3v) is 7.11. The number of amides is 2. The van der Waals surface area contributed by atoms with Gasteiger partial charge in [-0.2, -0.15) is 0 Å². The SMILES string of the molecule is Cc1ccc(C)c2[nH]c(=O)c(CN(CCCN3CCOCC3)C(=O)NC3CCCCC3)cc12. The summed E-state index contributed by atoms with van der Waals surface area (Å²) in [5.41, 5.74) is 3.59. The summed E-state index contributed by atoms with van der Waals surface area (Å²) in [6.45, 7) is 9.37. The molecule has 2 fully saturated rings. The van der Waals surface area contributed by atoms with Crippen LogP contribution in [-0.4, -0.2) is 66.2 Å². The lowest BCUT2D eigenvalue weighted by atomic mass is 9.96. The van der Waals surface area contributed by atoms with Gasteiger partial charge in [-0.1, -0.05) is 31.4 Å². The Bertz CT molecular complexity index is 1010. The van der Waals surface area contributed by atoms with E-state index < -0.39 is 0 Å². The predicted octanol–water partition coefficient (Wildman–Crippen LogP) is 3.71. The molecular formula is C26H38N4O3. The van der Waals surface area contributed by atoms with Crippen molar-refractivity contribution in [3.63, 3.8) is 0 Å². The van der Waals surface area contributed by atoms with Gasteiger partial charge < -0.3 is 19.9 Å². The standard InChI is InChI=1S/C26H38N4O3/c1-19-9-10-20(2)24-23(19)17-21(25(31)28-24)18-30(12-6-11-29-13-15-33-16-14-29)26(32)27-22-7-4-3-5-8-22/h9-10,17,22H,3-8,11-16,18H2,1-2H3,(H,27,32)(H,28,31). The van der Waals surface area contributed by atoms with E-state index in [0.717, 1.165) is 74.1 Å². The largest absolute Gasteiger partial charge is 0.379 e. The van der Waals surface area contributed by atoms with Crippen molar-refractivity contribution in [2.75, 3.05) is 39.4 Å². The van der Waals surface area contributed by atoms with E-state index in [2.05, 4.69) is 28.2 Å². The molecule has 1 saturated carbocycles. The maximum absolute atomic E-state index is 13.3. The highest BCUT2D eigenvalue weighted by Gasteiger charge is 2.22. The van der Waals surface area contributed by atoms with Crippen LogP contribution in [0.2, 0.25) is 0 Å². The van der Waals surface area contributed by atoms with Crippen LogP contribution in [-0.2, 0) is 11.3 Å². The third-order valence-electron chi connectivity index (χ3n) is 7.11. The van der Waals surface area contributed by atoms with E-state index in [1.54, 1.807) is 0 Å². The van der Waals surface area contributed by atoms with Crippen molar-refractivity contribution in [1.29, 1.82) is 0 Å². The fourth-order valence-corrected chi connectivity index (χ4v) is 5.02. The Balaban J connectivity index is 1.50. The summed E-state index contributed by atoms with van der Waals surface area (Å²) in [7, 11) is 0. The number of hydrogen-bond donors (Lipinski definition) is 2. The maximum Gasteiger partial charge on any atom is 0.317 e. The number of aromatic nitrogens is 1. The zero-order valence-corrected chi connectivity index (χ0v) is 20.1. The van der Waals surface area contributed by atoms with Gasteiger partial charge in [0, 0.05) is 43.2 Å². The highest BCUT2D eigenvalue weighted by Crippen LogP contribution is 2.21. The number of pyridine rings is 1. The number of aromatic amines is 1. The molecule has 0 radical (unpaired) electrons. The Morgan fingerprint density at radius 3 is 2.64 bits per heavy atom. The van der Waals surface area contributed by atoms with Crippen LogP contribution in [0.5, 0.6) is 0 Å². The minimum absolute atomic E-state index is 0.0515. The fraction of sp³-hybridized carbons (Fsp3) is 0.615. The number of rotatable bonds is 7. The van der Waals surface area contributed by atoms with Gasteiger partial charge in [0.25, 0.3) is 5.56 Å². The molecule has 4 rings (SSSR count). The molecule has 33 heavy (non-hydrogen) atoms. The minimum atomic E-state index is -0.111. The molecule has 1 saturated heterocycles. The molecule has 2 N–H and O–H groups in total. The molecule has 180 valence electrons. The van der Waals surface area contributed by atoms with Crippen molar-refractivity contribution < 1.29 is 9.53 Å². The van der Waals surface area contributed by atoms with Crippen molar-refractivity contribution >= 4 is 16.9 Å². The summed E-state index contributed by atoms with van der Waals surface area (Å²) in [5.74, 6) is 0. The van der Waals surface area contributed by atoms with Gasteiger partial charge in [-0.25, -0.2) is 4.79 Å². The molecule has 0 unspecified atom stereocenters. The maximum atomic E-state index is 13.3. The Hall–Kier alpha value is -2.38. The topological polar surface area (TPSA) is 77.7 Å². The Kier molecular flexibility index (Phi) is 8.04. The number of carbonyl (C=O) groups is 1. The lowest BCUT2D eigenvalue weighted by Gasteiger charge is -2.30. The molecule has 0 spiro atoms. The number of morpholine rings is 1. The van der Waals surface area contributed by atoms with Crippen LogP contribution >= 0.6 is 0 Å². The number of fused-ring (bicyclic) bond motifs is 1. The lowest BCUT2D eigenvalue weighted by Crippen LogP contribution is -2.46. The highest BCUT2D eigenvalue weighted by atomic mass is 16.5. The minimum Gasteiger partial charge on any atom is -0.379 e. The Labute approximate surface area is 196 Å². The van der Waals surface area contributed by atoms with Crippen molar-refractivity contribution in [3.8, 4) is 0 Å². The van der Waals surface area contributed by atoms with Crippen LogP contribution in [0.15, 0.2) is 23.0 Å². The average Bonchev–Trinajstić information content (AvgIpc) is 2.83. The molecule has 1 aromatic carbocycles. The molecule has 0 atom stereocenters. The Morgan fingerprint density at radius 2 is 1.88 bits per heavy atom. The zero-order valence-electron chi connectivity index (χ0n) is 20.1. The molecule has 7 nitrogen and oxygen atoms in total. The molecule has 1 aromatic heterocycles. The van der Waals surface area contributed by atoms with Crippen LogP contribution < -0.4 is 10.9 Å². The second-order valence-electron chi connectivity index (χ2n) is 9.63. The summed E-state index contributed by atoms with van der Waals surface area (Å²) in [5, 5.41) is 4.29. The van der Waals surface area contributed by atoms with Crippen molar-refractivity contribution in [1.82, 2.24) is 20.1 Å². The highest BCUT2D eigenvalue weighted by molar-refractivity contribution is 5.85. The van der Waals surface area contributed by atoms with Gasteiger partial charge in [-0.05, 0) is 50.3 Å². The van der Waals surface area contributed by atoms with E-state index >= 15 is 0 Å². The van der Waals surface area contributed by atoms with Gasteiger partial charge in [0.1, 0.15) is 0 Å². The molecule has 7 heteroatoms. The number of hydrogen-bond acceptors (Lipinski definition) is 4. The molecule has 1 aliphatic carbocycles.